The molecule has 0 aliphatic heterocycles. The molecule has 0 atom stereocenters. The number of nitrogens with two attached hydrogens (primary N) is 1. The van der Waals surface area contributed by atoms with Crippen molar-refractivity contribution in [1.29, 1.82) is 0 Å². The molecule has 2 heterocycles. The zero-order valence-corrected chi connectivity index (χ0v) is 15.4. The number of hydrogen-bond donors (Lipinski definition) is 3. The third kappa shape index (κ3) is 4.11. The van der Waals surface area contributed by atoms with Crippen LogP contribution in [0, 0.1) is 0 Å². The number of nitrogens with one attached hydrogen (secondary N) is 2. The highest BCUT2D eigenvalue weighted by atomic mass is 16.5. The van der Waals surface area contributed by atoms with Crippen LogP contribution in [0.15, 0.2) is 36.7 Å². The molecule has 1 fully saturated rings. The van der Waals surface area contributed by atoms with Crippen LogP contribution in [-0.2, 0) is 0 Å². The first kappa shape index (κ1) is 17.5. The van der Waals surface area contributed by atoms with Crippen LogP contribution in [0.4, 0.5) is 17.5 Å². The minimum Gasteiger partial charge on any atom is -0.494 e. The SMILES string of the molecule is CCOc1ccc(Nc2nc(N[C@H]3CC[C@@H](N)CC3)nn3ccnc23)cc1. The molecule has 0 saturated heterocycles. The van der Waals surface area contributed by atoms with Crippen molar-refractivity contribution in [2.45, 2.75) is 44.7 Å². The van der Waals surface area contributed by atoms with Gasteiger partial charge in [-0.25, -0.2) is 9.50 Å². The van der Waals surface area contributed by atoms with E-state index in [0.29, 0.717) is 36.1 Å². The average Bonchev–Trinajstić information content (AvgIpc) is 3.14. The predicted octanol–water partition coefficient (Wildman–Crippen LogP) is 2.95. The van der Waals surface area contributed by atoms with E-state index in [1.807, 2.05) is 37.4 Å². The average molecular weight is 367 g/mol. The van der Waals surface area contributed by atoms with Gasteiger partial charge in [0.2, 0.25) is 5.95 Å². The van der Waals surface area contributed by atoms with Crippen molar-refractivity contribution >= 4 is 23.1 Å². The third-order valence-corrected chi connectivity index (χ3v) is 4.79. The Morgan fingerprint density at radius 2 is 1.96 bits per heavy atom. The predicted molar refractivity (Wildman–Crippen MR) is 106 cm³/mol. The Bertz CT molecular complexity index is 885. The summed E-state index contributed by atoms with van der Waals surface area (Å²) >= 11 is 0. The Morgan fingerprint density at radius 1 is 1.19 bits per heavy atom. The molecule has 142 valence electrons. The van der Waals surface area contributed by atoms with E-state index < -0.39 is 0 Å². The molecule has 1 aliphatic carbocycles. The van der Waals surface area contributed by atoms with Crippen LogP contribution in [0.5, 0.6) is 5.75 Å². The fourth-order valence-corrected chi connectivity index (χ4v) is 3.36. The summed E-state index contributed by atoms with van der Waals surface area (Å²) in [6.45, 7) is 2.62. The summed E-state index contributed by atoms with van der Waals surface area (Å²) in [6.07, 6.45) is 7.67. The van der Waals surface area contributed by atoms with Crippen LogP contribution >= 0.6 is 0 Å². The van der Waals surface area contributed by atoms with Gasteiger partial charge in [-0.1, -0.05) is 0 Å². The smallest absolute Gasteiger partial charge is 0.243 e. The molecule has 1 saturated carbocycles. The molecule has 4 N–H and O–H groups in total. The number of anilines is 3. The maximum absolute atomic E-state index is 6.00. The number of aromatic nitrogens is 4. The largest absolute Gasteiger partial charge is 0.494 e. The van der Waals surface area contributed by atoms with Gasteiger partial charge < -0.3 is 21.1 Å². The number of nitrogens with zero attached hydrogens (tertiary/aromatic N) is 4. The van der Waals surface area contributed by atoms with Crippen molar-refractivity contribution < 1.29 is 4.74 Å². The molecular weight excluding hydrogens is 342 g/mol. The van der Waals surface area contributed by atoms with Gasteiger partial charge in [-0.2, -0.15) is 4.98 Å². The summed E-state index contributed by atoms with van der Waals surface area (Å²) in [7, 11) is 0. The monoisotopic (exact) mass is 367 g/mol. The zero-order valence-electron chi connectivity index (χ0n) is 15.4. The molecule has 0 unspecified atom stereocenters. The molecule has 0 bridgehead atoms. The minimum atomic E-state index is 0.317. The number of hydrogen-bond acceptors (Lipinski definition) is 7. The maximum atomic E-state index is 6.00. The second kappa shape index (κ2) is 7.79. The lowest BCUT2D eigenvalue weighted by molar-refractivity contribution is 0.340. The molecule has 0 radical (unpaired) electrons. The quantitative estimate of drug-likeness (QED) is 0.615. The Morgan fingerprint density at radius 3 is 2.70 bits per heavy atom. The molecule has 4 rings (SSSR count). The molecule has 0 spiro atoms. The Kier molecular flexibility index (Phi) is 5.06. The van der Waals surface area contributed by atoms with E-state index in [-0.39, 0.29) is 0 Å². The molecule has 1 aromatic carbocycles. The van der Waals surface area contributed by atoms with Gasteiger partial charge in [-0.15, -0.1) is 5.10 Å². The van der Waals surface area contributed by atoms with E-state index in [1.54, 1.807) is 10.7 Å². The Hall–Kier alpha value is -2.87. The van der Waals surface area contributed by atoms with Gasteiger partial charge in [0.05, 0.1) is 6.61 Å². The second-order valence-corrected chi connectivity index (χ2v) is 6.82. The summed E-state index contributed by atoms with van der Waals surface area (Å²) in [4.78, 5) is 9.03. The third-order valence-electron chi connectivity index (χ3n) is 4.79. The van der Waals surface area contributed by atoms with Gasteiger partial charge in [-0.05, 0) is 56.9 Å². The van der Waals surface area contributed by atoms with Gasteiger partial charge in [0.1, 0.15) is 5.75 Å². The van der Waals surface area contributed by atoms with E-state index in [9.17, 15) is 0 Å². The molecule has 27 heavy (non-hydrogen) atoms. The first-order valence-corrected chi connectivity index (χ1v) is 9.44. The maximum Gasteiger partial charge on any atom is 0.243 e. The number of rotatable bonds is 6. The van der Waals surface area contributed by atoms with E-state index >= 15 is 0 Å². The van der Waals surface area contributed by atoms with Crippen LogP contribution in [0.25, 0.3) is 5.65 Å². The fourth-order valence-electron chi connectivity index (χ4n) is 3.36. The number of ether oxygens (including phenoxy) is 1. The molecule has 3 aromatic rings. The van der Waals surface area contributed by atoms with E-state index in [2.05, 4.69) is 25.7 Å². The standard InChI is InChI=1S/C19H25N7O/c1-2-27-16-9-7-14(8-10-16)22-17-18-21-11-12-26(18)25-19(24-17)23-15-5-3-13(20)4-6-15/h7-13,15H,2-6,20H2,1H3,(H2,22,23,24,25)/t13-,15+. The highest BCUT2D eigenvalue weighted by Crippen LogP contribution is 2.24. The van der Waals surface area contributed by atoms with Gasteiger partial charge in [0.15, 0.2) is 11.5 Å². The number of benzene rings is 1. The first-order valence-electron chi connectivity index (χ1n) is 9.44. The lowest BCUT2D eigenvalue weighted by Gasteiger charge is -2.26. The Balaban J connectivity index is 1.55. The van der Waals surface area contributed by atoms with Crippen LogP contribution in [-0.4, -0.2) is 38.3 Å². The molecule has 2 aromatic heterocycles. The van der Waals surface area contributed by atoms with Gasteiger partial charge in [0, 0.05) is 30.2 Å². The normalized spacial score (nSPS) is 19.8. The van der Waals surface area contributed by atoms with Gasteiger partial charge >= 0.3 is 0 Å². The topological polar surface area (TPSA) is 102 Å². The van der Waals surface area contributed by atoms with Crippen LogP contribution in [0.2, 0.25) is 0 Å². The van der Waals surface area contributed by atoms with Gasteiger partial charge in [0.25, 0.3) is 0 Å². The molecule has 8 heteroatoms. The van der Waals surface area contributed by atoms with E-state index in [4.69, 9.17) is 10.5 Å². The second-order valence-electron chi connectivity index (χ2n) is 6.82. The number of imidazole rings is 1. The van der Waals surface area contributed by atoms with E-state index in [0.717, 1.165) is 37.1 Å². The Labute approximate surface area is 158 Å². The van der Waals surface area contributed by atoms with Crippen molar-refractivity contribution in [3.05, 3.63) is 36.7 Å². The first-order chi connectivity index (χ1) is 13.2. The number of fused-ring (bicyclic) bond motifs is 1. The highest BCUT2D eigenvalue weighted by molar-refractivity contribution is 5.70. The van der Waals surface area contributed by atoms with Gasteiger partial charge in [-0.3, -0.25) is 0 Å². The zero-order chi connectivity index (χ0) is 18.6. The molecule has 8 nitrogen and oxygen atoms in total. The fraction of sp³-hybridized carbons (Fsp3) is 0.421. The van der Waals surface area contributed by atoms with Crippen molar-refractivity contribution in [2.75, 3.05) is 17.2 Å². The highest BCUT2D eigenvalue weighted by Gasteiger charge is 2.20. The summed E-state index contributed by atoms with van der Waals surface area (Å²) in [5, 5.41) is 11.3. The summed E-state index contributed by atoms with van der Waals surface area (Å²) in [5.41, 5.74) is 7.59. The van der Waals surface area contributed by atoms with Crippen molar-refractivity contribution in [2.24, 2.45) is 5.73 Å². The van der Waals surface area contributed by atoms with Crippen molar-refractivity contribution in [3.8, 4) is 5.75 Å². The van der Waals surface area contributed by atoms with E-state index in [1.165, 1.54) is 0 Å². The van der Waals surface area contributed by atoms with Crippen molar-refractivity contribution in [1.82, 2.24) is 19.6 Å². The summed E-state index contributed by atoms with van der Waals surface area (Å²) in [6, 6.07) is 8.45. The summed E-state index contributed by atoms with van der Waals surface area (Å²) in [5.74, 6) is 2.10. The molecule has 0 amide bonds. The lowest BCUT2D eigenvalue weighted by Crippen LogP contribution is -2.33. The summed E-state index contributed by atoms with van der Waals surface area (Å²) < 4.78 is 7.23. The van der Waals surface area contributed by atoms with Crippen molar-refractivity contribution in [3.63, 3.8) is 0 Å². The minimum absolute atomic E-state index is 0.317. The van der Waals surface area contributed by atoms with Crippen LogP contribution in [0.3, 0.4) is 0 Å². The molecular formula is C19H25N7O. The van der Waals surface area contributed by atoms with Crippen LogP contribution < -0.4 is 21.1 Å². The lowest BCUT2D eigenvalue weighted by atomic mass is 9.92. The van der Waals surface area contributed by atoms with Crippen LogP contribution in [0.1, 0.15) is 32.6 Å². The molecule has 1 aliphatic rings.